The monoisotopic (exact) mass is 506 g/mol. The van der Waals surface area contributed by atoms with E-state index in [2.05, 4.69) is 15.0 Å². The first-order valence-corrected chi connectivity index (χ1v) is 11.8. The summed E-state index contributed by atoms with van der Waals surface area (Å²) in [6.07, 6.45) is 6.59. The fourth-order valence-electron chi connectivity index (χ4n) is 4.61. The lowest BCUT2D eigenvalue weighted by atomic mass is 9.94. The molecule has 3 aromatic heterocycles. The number of rotatable bonds is 4. The average Bonchev–Trinajstić information content (AvgIpc) is 2.93. The average molecular weight is 507 g/mol. The van der Waals surface area contributed by atoms with E-state index in [1.54, 1.807) is 43.9 Å². The second-order valence-electron chi connectivity index (χ2n) is 8.49. The van der Waals surface area contributed by atoms with Crippen LogP contribution in [0.2, 0.25) is 5.02 Å². The number of aromatic amines is 1. The Kier molecular flexibility index (Phi) is 5.54. The Balaban J connectivity index is 1.55. The molecule has 37 heavy (non-hydrogen) atoms. The molecule has 0 saturated carbocycles. The van der Waals surface area contributed by atoms with E-state index in [1.165, 1.54) is 6.20 Å². The van der Waals surface area contributed by atoms with Gasteiger partial charge in [0.1, 0.15) is 5.75 Å². The van der Waals surface area contributed by atoms with Gasteiger partial charge in [-0.3, -0.25) is 14.8 Å². The Bertz CT molecular complexity index is 1940. The molecule has 0 aliphatic rings. The first-order valence-electron chi connectivity index (χ1n) is 11.5. The van der Waals surface area contributed by atoms with Crippen LogP contribution in [0.1, 0.15) is 0 Å². The maximum absolute atomic E-state index is 13.5. The number of benzene rings is 3. The van der Waals surface area contributed by atoms with Gasteiger partial charge in [-0.1, -0.05) is 54.1 Å². The standard InChI is InChI=1S/C29H19ClN4O3/c1-37-20-11-19(14-31-15-20)22-7-4-8-24(30)27(22)17-9-10-23-25(12-17)33-29(36)34(28(23)35)26-16-32-13-18-5-2-3-6-21(18)26/h2-16H,1H3,(H,33,36). The number of nitrogens with zero attached hydrogens (tertiary/aromatic N) is 3. The number of ether oxygens (including phenoxy) is 1. The number of methoxy groups -OCH3 is 1. The number of nitrogens with one attached hydrogen (secondary N) is 1. The van der Waals surface area contributed by atoms with E-state index in [1.807, 2.05) is 48.5 Å². The van der Waals surface area contributed by atoms with Crippen LogP contribution in [-0.4, -0.2) is 26.6 Å². The van der Waals surface area contributed by atoms with E-state index in [4.69, 9.17) is 16.3 Å². The number of aromatic nitrogens is 4. The minimum atomic E-state index is -0.552. The van der Waals surface area contributed by atoms with E-state index < -0.39 is 11.2 Å². The van der Waals surface area contributed by atoms with Gasteiger partial charge in [-0.05, 0) is 35.4 Å². The second-order valence-corrected chi connectivity index (χ2v) is 8.89. The van der Waals surface area contributed by atoms with Crippen LogP contribution in [0.5, 0.6) is 5.75 Å². The van der Waals surface area contributed by atoms with Crippen molar-refractivity contribution in [3.05, 3.63) is 117 Å². The lowest BCUT2D eigenvalue weighted by Crippen LogP contribution is -2.33. The zero-order valence-corrected chi connectivity index (χ0v) is 20.4. The van der Waals surface area contributed by atoms with E-state index in [9.17, 15) is 9.59 Å². The van der Waals surface area contributed by atoms with Crippen LogP contribution < -0.4 is 16.0 Å². The Morgan fingerprint density at radius 1 is 0.838 bits per heavy atom. The SMILES string of the molecule is COc1cncc(-c2cccc(Cl)c2-c2ccc3c(=O)n(-c4cncc5ccccc45)c(=O)[nH]c3c2)c1. The first kappa shape index (κ1) is 22.7. The van der Waals surface area contributed by atoms with Gasteiger partial charge < -0.3 is 9.72 Å². The molecular weight excluding hydrogens is 488 g/mol. The fraction of sp³-hybridized carbons (Fsp3) is 0.0345. The Hall–Kier alpha value is -4.75. The third kappa shape index (κ3) is 3.86. The lowest BCUT2D eigenvalue weighted by Gasteiger charge is -2.14. The van der Waals surface area contributed by atoms with Crippen molar-refractivity contribution in [3.8, 4) is 33.7 Å². The van der Waals surface area contributed by atoms with Crippen molar-refractivity contribution in [3.63, 3.8) is 0 Å². The molecule has 3 heterocycles. The van der Waals surface area contributed by atoms with Gasteiger partial charge in [0.15, 0.2) is 0 Å². The third-order valence-corrected chi connectivity index (χ3v) is 6.66. The molecular formula is C29H19ClN4O3. The van der Waals surface area contributed by atoms with Crippen molar-refractivity contribution in [1.29, 1.82) is 0 Å². The highest BCUT2D eigenvalue weighted by Crippen LogP contribution is 2.38. The maximum Gasteiger partial charge on any atom is 0.333 e. The zero-order valence-electron chi connectivity index (χ0n) is 19.6. The van der Waals surface area contributed by atoms with Crippen molar-refractivity contribution in [2.24, 2.45) is 0 Å². The van der Waals surface area contributed by atoms with Crippen molar-refractivity contribution in [2.75, 3.05) is 7.11 Å². The van der Waals surface area contributed by atoms with Crippen LogP contribution in [0, 0.1) is 0 Å². The van der Waals surface area contributed by atoms with Crippen molar-refractivity contribution < 1.29 is 4.74 Å². The summed E-state index contributed by atoms with van der Waals surface area (Å²) in [6, 6.07) is 20.3. The summed E-state index contributed by atoms with van der Waals surface area (Å²) in [4.78, 5) is 38.1. The summed E-state index contributed by atoms with van der Waals surface area (Å²) in [5.41, 5.74) is 3.02. The Labute approximate surface area is 215 Å². The van der Waals surface area contributed by atoms with E-state index in [0.717, 1.165) is 37.6 Å². The van der Waals surface area contributed by atoms with Crippen LogP contribution in [0.15, 0.2) is 101 Å². The summed E-state index contributed by atoms with van der Waals surface area (Å²) < 4.78 is 6.46. The minimum Gasteiger partial charge on any atom is -0.495 e. The van der Waals surface area contributed by atoms with Crippen LogP contribution in [0.4, 0.5) is 0 Å². The molecule has 180 valence electrons. The Morgan fingerprint density at radius 3 is 2.54 bits per heavy atom. The summed E-state index contributed by atoms with van der Waals surface area (Å²) in [5, 5.41) is 2.49. The molecule has 1 N–H and O–H groups in total. The van der Waals surface area contributed by atoms with E-state index in [-0.39, 0.29) is 0 Å². The highest BCUT2D eigenvalue weighted by molar-refractivity contribution is 6.34. The smallest absolute Gasteiger partial charge is 0.333 e. The molecule has 0 atom stereocenters. The fourth-order valence-corrected chi connectivity index (χ4v) is 4.89. The molecule has 0 fully saturated rings. The largest absolute Gasteiger partial charge is 0.495 e. The highest BCUT2D eigenvalue weighted by Gasteiger charge is 2.16. The Morgan fingerprint density at radius 2 is 1.68 bits per heavy atom. The number of H-pyrrole nitrogens is 1. The summed E-state index contributed by atoms with van der Waals surface area (Å²) in [7, 11) is 1.58. The van der Waals surface area contributed by atoms with Gasteiger partial charge in [0, 0.05) is 39.3 Å². The van der Waals surface area contributed by atoms with Gasteiger partial charge in [-0.25, -0.2) is 9.36 Å². The highest BCUT2D eigenvalue weighted by atomic mass is 35.5. The molecule has 6 aromatic rings. The number of pyridine rings is 2. The predicted molar refractivity (Wildman–Crippen MR) is 146 cm³/mol. The molecule has 0 unspecified atom stereocenters. The molecule has 7 nitrogen and oxygen atoms in total. The molecule has 0 aliphatic heterocycles. The predicted octanol–water partition coefficient (Wildman–Crippen LogP) is 5.62. The normalized spacial score (nSPS) is 11.2. The van der Waals surface area contributed by atoms with Crippen molar-refractivity contribution >= 4 is 33.3 Å². The van der Waals surface area contributed by atoms with Crippen molar-refractivity contribution in [1.82, 2.24) is 19.5 Å². The number of hydrogen-bond acceptors (Lipinski definition) is 5. The molecule has 0 amide bonds. The van der Waals surface area contributed by atoms with E-state index >= 15 is 0 Å². The lowest BCUT2D eigenvalue weighted by molar-refractivity contribution is 0.413. The first-order chi connectivity index (χ1) is 18.0. The quantitative estimate of drug-likeness (QED) is 0.335. The van der Waals surface area contributed by atoms with Crippen LogP contribution in [-0.2, 0) is 0 Å². The molecule has 0 aliphatic carbocycles. The molecule has 8 heteroatoms. The van der Waals surface area contributed by atoms with Gasteiger partial charge in [-0.15, -0.1) is 0 Å². The zero-order chi connectivity index (χ0) is 25.5. The van der Waals surface area contributed by atoms with Gasteiger partial charge in [-0.2, -0.15) is 0 Å². The van der Waals surface area contributed by atoms with Crippen LogP contribution >= 0.6 is 11.6 Å². The molecule has 0 spiro atoms. The van der Waals surface area contributed by atoms with Gasteiger partial charge in [0.2, 0.25) is 0 Å². The molecule has 6 rings (SSSR count). The summed E-state index contributed by atoms with van der Waals surface area (Å²) in [5.74, 6) is 0.620. The van der Waals surface area contributed by atoms with Crippen LogP contribution in [0.3, 0.4) is 0 Å². The number of halogens is 1. The number of hydrogen-bond donors (Lipinski definition) is 1. The second kappa shape index (κ2) is 9.04. The number of fused-ring (bicyclic) bond motifs is 2. The minimum absolute atomic E-state index is 0.368. The molecule has 0 radical (unpaired) electrons. The van der Waals surface area contributed by atoms with Gasteiger partial charge in [0.25, 0.3) is 5.56 Å². The van der Waals surface area contributed by atoms with Gasteiger partial charge >= 0.3 is 5.69 Å². The van der Waals surface area contributed by atoms with Crippen molar-refractivity contribution in [2.45, 2.75) is 0 Å². The summed E-state index contributed by atoms with van der Waals surface area (Å²) in [6.45, 7) is 0. The molecule has 0 saturated heterocycles. The topological polar surface area (TPSA) is 89.9 Å². The van der Waals surface area contributed by atoms with Crippen LogP contribution in [0.25, 0.3) is 49.6 Å². The van der Waals surface area contributed by atoms with Gasteiger partial charge in [0.05, 0.1) is 36.1 Å². The maximum atomic E-state index is 13.5. The summed E-state index contributed by atoms with van der Waals surface area (Å²) >= 11 is 6.67. The molecule has 0 bridgehead atoms. The third-order valence-electron chi connectivity index (χ3n) is 6.35. The van der Waals surface area contributed by atoms with E-state index in [0.29, 0.717) is 27.4 Å². The molecule has 3 aromatic carbocycles.